The Hall–Kier alpha value is -3.73. The van der Waals surface area contributed by atoms with Gasteiger partial charge in [-0.2, -0.15) is 0 Å². The number of pyridine rings is 1. The molecule has 3 aromatic rings. The second-order valence-electron chi connectivity index (χ2n) is 7.58. The smallest absolute Gasteiger partial charge is 0.278 e. The van der Waals surface area contributed by atoms with Crippen molar-refractivity contribution in [1.82, 2.24) is 9.88 Å². The molecule has 0 unspecified atom stereocenters. The molecule has 0 spiro atoms. The van der Waals surface area contributed by atoms with Crippen LogP contribution in [-0.2, 0) is 16.1 Å². The highest BCUT2D eigenvalue weighted by Crippen LogP contribution is 2.32. The van der Waals surface area contributed by atoms with E-state index in [2.05, 4.69) is 10.3 Å². The topological polar surface area (TPSA) is 62.3 Å². The lowest BCUT2D eigenvalue weighted by molar-refractivity contribution is -0.137. The van der Waals surface area contributed by atoms with E-state index in [1.165, 1.54) is 4.90 Å². The van der Waals surface area contributed by atoms with Crippen molar-refractivity contribution in [2.45, 2.75) is 27.3 Å². The van der Waals surface area contributed by atoms with E-state index in [4.69, 9.17) is 0 Å². The predicted octanol–water partition coefficient (Wildman–Crippen LogP) is 4.40. The molecule has 1 N–H and O–H groups in total. The summed E-state index contributed by atoms with van der Waals surface area (Å²) in [5.41, 5.74) is 6.10. The highest BCUT2D eigenvalue weighted by Gasteiger charge is 2.39. The van der Waals surface area contributed by atoms with Crippen LogP contribution in [0.2, 0.25) is 0 Å². The summed E-state index contributed by atoms with van der Waals surface area (Å²) < 4.78 is 0. The molecule has 2 heterocycles. The molecule has 0 saturated heterocycles. The fourth-order valence-corrected chi connectivity index (χ4v) is 3.57. The predicted molar refractivity (Wildman–Crippen MR) is 117 cm³/mol. The minimum atomic E-state index is -0.346. The minimum Gasteiger partial charge on any atom is -0.350 e. The van der Waals surface area contributed by atoms with Gasteiger partial charge in [0.15, 0.2) is 0 Å². The summed E-state index contributed by atoms with van der Waals surface area (Å²) in [6, 6.07) is 19.1. The van der Waals surface area contributed by atoms with Crippen molar-refractivity contribution >= 4 is 23.1 Å². The van der Waals surface area contributed by atoms with Gasteiger partial charge in [0, 0.05) is 11.9 Å². The van der Waals surface area contributed by atoms with E-state index in [1.807, 2.05) is 75.4 Å². The van der Waals surface area contributed by atoms with Gasteiger partial charge in [-0.3, -0.25) is 19.5 Å². The largest absolute Gasteiger partial charge is 0.350 e. The Balaban J connectivity index is 1.76. The Morgan fingerprint density at radius 1 is 0.867 bits per heavy atom. The zero-order chi connectivity index (χ0) is 21.3. The molecule has 2 amide bonds. The number of nitrogens with one attached hydrogen (secondary N) is 1. The summed E-state index contributed by atoms with van der Waals surface area (Å²) >= 11 is 0. The second kappa shape index (κ2) is 7.95. The van der Waals surface area contributed by atoms with Crippen molar-refractivity contribution in [3.8, 4) is 0 Å². The quantitative estimate of drug-likeness (QED) is 0.648. The van der Waals surface area contributed by atoms with Gasteiger partial charge in [0.2, 0.25) is 0 Å². The Morgan fingerprint density at radius 3 is 2.27 bits per heavy atom. The Morgan fingerprint density at radius 2 is 1.60 bits per heavy atom. The van der Waals surface area contributed by atoms with Crippen LogP contribution in [0, 0.1) is 20.8 Å². The molecule has 1 aliphatic rings. The van der Waals surface area contributed by atoms with Crippen molar-refractivity contribution in [2.24, 2.45) is 0 Å². The normalized spacial score (nSPS) is 13.9. The maximum absolute atomic E-state index is 13.3. The van der Waals surface area contributed by atoms with Crippen LogP contribution in [0.25, 0.3) is 5.57 Å². The number of carbonyl (C=O) groups is 2. The van der Waals surface area contributed by atoms with Crippen molar-refractivity contribution in [2.75, 3.05) is 5.32 Å². The lowest BCUT2D eigenvalue weighted by atomic mass is 10.0. The highest BCUT2D eigenvalue weighted by atomic mass is 16.2. The summed E-state index contributed by atoms with van der Waals surface area (Å²) in [5, 5.41) is 3.24. The molecule has 5 nitrogen and oxygen atoms in total. The number of anilines is 1. The maximum atomic E-state index is 13.3. The van der Waals surface area contributed by atoms with Crippen LogP contribution in [0.15, 0.2) is 72.6 Å². The average molecular weight is 397 g/mol. The van der Waals surface area contributed by atoms with Gasteiger partial charge in [0.05, 0.1) is 17.8 Å². The van der Waals surface area contributed by atoms with Gasteiger partial charge in [-0.15, -0.1) is 0 Å². The SMILES string of the molecule is Cc1ccc(C2=C(Nc3ccc(C)cc3C)C(=O)N(Cc3ccccn3)C2=O)cc1. The third-order valence-electron chi connectivity index (χ3n) is 5.20. The zero-order valence-corrected chi connectivity index (χ0v) is 17.3. The first-order chi connectivity index (χ1) is 14.4. The summed E-state index contributed by atoms with van der Waals surface area (Å²) in [5.74, 6) is -0.664. The first-order valence-electron chi connectivity index (χ1n) is 9.86. The van der Waals surface area contributed by atoms with Gasteiger partial charge in [0.25, 0.3) is 11.8 Å². The molecule has 0 fully saturated rings. The molecule has 0 radical (unpaired) electrons. The number of benzene rings is 2. The molecule has 0 saturated carbocycles. The maximum Gasteiger partial charge on any atom is 0.278 e. The first-order valence-corrected chi connectivity index (χ1v) is 9.86. The standard InChI is InChI=1S/C25H23N3O2/c1-16-7-10-19(11-8-16)22-23(27-21-12-9-17(2)14-18(21)3)25(30)28(24(22)29)15-20-6-4-5-13-26-20/h4-14,27H,15H2,1-3H3. The third kappa shape index (κ3) is 3.74. The molecular formula is C25H23N3O2. The van der Waals surface area contributed by atoms with Gasteiger partial charge >= 0.3 is 0 Å². The van der Waals surface area contributed by atoms with Crippen LogP contribution in [0.1, 0.15) is 27.9 Å². The van der Waals surface area contributed by atoms with E-state index >= 15 is 0 Å². The molecular weight excluding hydrogens is 374 g/mol. The molecule has 4 rings (SSSR count). The van der Waals surface area contributed by atoms with Crippen LogP contribution in [0.3, 0.4) is 0 Å². The van der Waals surface area contributed by atoms with Crippen LogP contribution >= 0.6 is 0 Å². The summed E-state index contributed by atoms with van der Waals surface area (Å²) in [6.45, 7) is 6.12. The van der Waals surface area contributed by atoms with E-state index in [1.54, 1.807) is 12.3 Å². The Bertz CT molecular complexity index is 1150. The van der Waals surface area contributed by atoms with Gasteiger partial charge in [-0.25, -0.2) is 0 Å². The number of amides is 2. The molecule has 0 aliphatic carbocycles. The summed E-state index contributed by atoms with van der Waals surface area (Å²) in [6.07, 6.45) is 1.66. The molecule has 150 valence electrons. The summed E-state index contributed by atoms with van der Waals surface area (Å²) in [4.78, 5) is 32.2. The van der Waals surface area contributed by atoms with Crippen molar-refractivity contribution in [3.05, 3.63) is 101 Å². The third-order valence-corrected chi connectivity index (χ3v) is 5.20. The zero-order valence-electron chi connectivity index (χ0n) is 17.3. The fourth-order valence-electron chi connectivity index (χ4n) is 3.57. The van der Waals surface area contributed by atoms with Gasteiger partial charge in [-0.1, -0.05) is 53.6 Å². The van der Waals surface area contributed by atoms with Crippen LogP contribution in [-0.4, -0.2) is 21.7 Å². The number of hydrogen-bond donors (Lipinski definition) is 1. The van der Waals surface area contributed by atoms with Crippen LogP contribution < -0.4 is 5.32 Å². The van der Waals surface area contributed by atoms with E-state index < -0.39 is 0 Å². The number of carbonyl (C=O) groups excluding carboxylic acids is 2. The van der Waals surface area contributed by atoms with E-state index in [0.29, 0.717) is 17.0 Å². The van der Waals surface area contributed by atoms with E-state index in [9.17, 15) is 9.59 Å². The lowest BCUT2D eigenvalue weighted by Gasteiger charge is -2.15. The number of nitrogens with zero attached hydrogens (tertiary/aromatic N) is 2. The van der Waals surface area contributed by atoms with Gasteiger partial charge in [0.1, 0.15) is 5.70 Å². The molecule has 5 heteroatoms. The lowest BCUT2D eigenvalue weighted by Crippen LogP contribution is -2.32. The van der Waals surface area contributed by atoms with E-state index in [0.717, 1.165) is 27.9 Å². The number of hydrogen-bond acceptors (Lipinski definition) is 4. The number of imide groups is 1. The monoisotopic (exact) mass is 397 g/mol. The number of aryl methyl sites for hydroxylation is 3. The average Bonchev–Trinajstić information content (AvgIpc) is 2.96. The molecule has 0 atom stereocenters. The molecule has 1 aromatic heterocycles. The number of aromatic nitrogens is 1. The Kier molecular flexibility index (Phi) is 5.19. The molecule has 30 heavy (non-hydrogen) atoms. The van der Waals surface area contributed by atoms with E-state index in [-0.39, 0.29) is 18.4 Å². The first kappa shape index (κ1) is 19.6. The van der Waals surface area contributed by atoms with Crippen molar-refractivity contribution in [1.29, 1.82) is 0 Å². The molecule has 1 aliphatic heterocycles. The van der Waals surface area contributed by atoms with Crippen molar-refractivity contribution in [3.63, 3.8) is 0 Å². The second-order valence-corrected chi connectivity index (χ2v) is 7.58. The molecule has 0 bridgehead atoms. The van der Waals surface area contributed by atoms with Gasteiger partial charge in [-0.05, 0) is 50.1 Å². The summed E-state index contributed by atoms with van der Waals surface area (Å²) in [7, 11) is 0. The fraction of sp³-hybridized carbons (Fsp3) is 0.160. The Labute approximate surface area is 176 Å². The number of rotatable bonds is 5. The molecule has 2 aromatic carbocycles. The van der Waals surface area contributed by atoms with Gasteiger partial charge < -0.3 is 5.32 Å². The van der Waals surface area contributed by atoms with Crippen molar-refractivity contribution < 1.29 is 9.59 Å². The minimum absolute atomic E-state index is 0.131. The van der Waals surface area contributed by atoms with Crippen LogP contribution in [0.4, 0.5) is 5.69 Å². The van der Waals surface area contributed by atoms with Crippen LogP contribution in [0.5, 0.6) is 0 Å². The highest BCUT2D eigenvalue weighted by molar-refractivity contribution is 6.36.